The van der Waals surface area contributed by atoms with E-state index in [2.05, 4.69) is 30.7 Å². The first-order valence-electron chi connectivity index (χ1n) is 8.41. The molecule has 0 aromatic carbocycles. The molecule has 0 bridgehead atoms. The zero-order valence-electron chi connectivity index (χ0n) is 13.8. The van der Waals surface area contributed by atoms with E-state index in [9.17, 15) is 0 Å². The minimum absolute atomic E-state index is 0.559. The van der Waals surface area contributed by atoms with Gasteiger partial charge in [-0.3, -0.25) is 0 Å². The van der Waals surface area contributed by atoms with Crippen LogP contribution in [0.15, 0.2) is 12.4 Å². The number of unbranched alkanes of at least 4 members (excludes halogenated alkanes) is 3. The van der Waals surface area contributed by atoms with Crippen molar-refractivity contribution < 1.29 is 0 Å². The van der Waals surface area contributed by atoms with E-state index >= 15 is 0 Å². The van der Waals surface area contributed by atoms with Gasteiger partial charge in [-0.05, 0) is 0 Å². The zero-order chi connectivity index (χ0) is 15.6. The summed E-state index contributed by atoms with van der Waals surface area (Å²) in [5, 5.41) is 0.559. The van der Waals surface area contributed by atoms with Crippen molar-refractivity contribution in [3.63, 3.8) is 0 Å². The average molecular weight is 416 g/mol. The molecule has 0 fully saturated rings. The summed E-state index contributed by atoms with van der Waals surface area (Å²) in [5.74, 6) is 0. The first-order chi connectivity index (χ1) is 10.2. The van der Waals surface area contributed by atoms with Gasteiger partial charge in [0.05, 0.1) is 0 Å². The summed E-state index contributed by atoms with van der Waals surface area (Å²) in [5.41, 5.74) is 0. The number of halogens is 1. The molecule has 0 atom stereocenters. The second-order valence-corrected chi connectivity index (χ2v) is 11.5. The molecular formula is C17H29ClN2Sn. The van der Waals surface area contributed by atoms with Crippen molar-refractivity contribution in [2.24, 2.45) is 0 Å². The van der Waals surface area contributed by atoms with Crippen LogP contribution < -0.4 is 3.71 Å². The third kappa shape index (κ3) is 7.31. The Kier molecular flexibility index (Phi) is 9.90. The van der Waals surface area contributed by atoms with Gasteiger partial charge in [0.1, 0.15) is 0 Å². The Bertz CT molecular complexity index is 376. The summed E-state index contributed by atoms with van der Waals surface area (Å²) in [6, 6.07) is 0. The van der Waals surface area contributed by atoms with Crippen LogP contribution in [0.2, 0.25) is 8.58 Å². The van der Waals surface area contributed by atoms with Crippen molar-refractivity contribution in [2.45, 2.75) is 82.0 Å². The van der Waals surface area contributed by atoms with Gasteiger partial charge in [-0.15, -0.1) is 0 Å². The van der Waals surface area contributed by atoms with E-state index in [0.717, 1.165) is 0 Å². The molecule has 0 unspecified atom stereocenters. The summed E-state index contributed by atoms with van der Waals surface area (Å²) < 4.78 is 1.79. The van der Waals surface area contributed by atoms with Crippen molar-refractivity contribution >= 4 is 36.5 Å². The van der Waals surface area contributed by atoms with Crippen LogP contribution in [0.5, 0.6) is 0 Å². The van der Waals surface area contributed by atoms with E-state index < -0.39 is 21.1 Å². The van der Waals surface area contributed by atoms with E-state index in [1.54, 1.807) is 6.20 Å². The van der Waals surface area contributed by atoms with Crippen molar-refractivity contribution in [3.8, 4) is 0 Å². The molecule has 0 aliphatic rings. The average Bonchev–Trinajstić information content (AvgIpc) is 2.48. The van der Waals surface area contributed by atoms with Crippen LogP contribution in [0.1, 0.15) is 78.6 Å². The first kappa shape index (κ1) is 19.2. The Hall–Kier alpha value is 0.169. The van der Waals surface area contributed by atoms with Crippen LogP contribution in [0.3, 0.4) is 0 Å². The van der Waals surface area contributed by atoms with Gasteiger partial charge >= 0.3 is 146 Å². The standard InChI is InChI=1S/C13H27.C4H2ClN2.Sn/c1-4-7-10-13(11-8-5-2)12-9-6-3;5-4-3-6-1-2-7-4;/h4-12H2,1-3H3;1,3H;. The van der Waals surface area contributed by atoms with Gasteiger partial charge < -0.3 is 0 Å². The van der Waals surface area contributed by atoms with Crippen LogP contribution in [-0.2, 0) is 0 Å². The van der Waals surface area contributed by atoms with Gasteiger partial charge in [0.2, 0.25) is 0 Å². The third-order valence-electron chi connectivity index (χ3n) is 4.03. The van der Waals surface area contributed by atoms with E-state index in [-0.39, 0.29) is 0 Å². The molecule has 0 aliphatic carbocycles. The number of hydrogen-bond acceptors (Lipinski definition) is 2. The quantitative estimate of drug-likeness (QED) is 0.465. The van der Waals surface area contributed by atoms with Gasteiger partial charge in [-0.25, -0.2) is 0 Å². The van der Waals surface area contributed by atoms with Crippen LogP contribution in [-0.4, -0.2) is 31.1 Å². The molecule has 1 aromatic rings. The summed E-state index contributed by atoms with van der Waals surface area (Å²) >= 11 is 5.27. The second-order valence-electron chi connectivity index (χ2n) is 5.94. The van der Waals surface area contributed by atoms with Gasteiger partial charge in [0.25, 0.3) is 0 Å². The summed E-state index contributed by atoms with van der Waals surface area (Å²) in [4.78, 5) is 8.82. The maximum absolute atomic E-state index is 6.04. The molecular weight excluding hydrogens is 386 g/mol. The summed E-state index contributed by atoms with van der Waals surface area (Å²) in [6.07, 6.45) is 15.7. The normalized spacial score (nSPS) is 11.8. The molecule has 0 spiro atoms. The fraction of sp³-hybridized carbons (Fsp3) is 0.765. The molecule has 0 amide bonds. The van der Waals surface area contributed by atoms with Gasteiger partial charge in [-0.2, -0.15) is 0 Å². The fourth-order valence-electron chi connectivity index (χ4n) is 2.78. The Morgan fingerprint density at radius 1 is 0.952 bits per heavy atom. The van der Waals surface area contributed by atoms with Crippen LogP contribution in [0.25, 0.3) is 0 Å². The number of nitrogens with zero attached hydrogens (tertiary/aromatic N) is 2. The Morgan fingerprint density at radius 3 is 1.90 bits per heavy atom. The maximum atomic E-state index is 6.04. The van der Waals surface area contributed by atoms with Crippen LogP contribution >= 0.6 is 11.6 Å². The predicted molar refractivity (Wildman–Crippen MR) is 93.7 cm³/mol. The van der Waals surface area contributed by atoms with Gasteiger partial charge in [-0.1, -0.05) is 0 Å². The van der Waals surface area contributed by atoms with Crippen molar-refractivity contribution in [3.05, 3.63) is 17.5 Å². The van der Waals surface area contributed by atoms with Crippen LogP contribution in [0, 0.1) is 0 Å². The van der Waals surface area contributed by atoms with Gasteiger partial charge in [0.15, 0.2) is 0 Å². The Labute approximate surface area is 145 Å². The monoisotopic (exact) mass is 416 g/mol. The van der Waals surface area contributed by atoms with E-state index in [0.29, 0.717) is 8.58 Å². The van der Waals surface area contributed by atoms with E-state index in [1.807, 2.05) is 6.20 Å². The summed E-state index contributed by atoms with van der Waals surface area (Å²) in [6.45, 7) is 6.90. The van der Waals surface area contributed by atoms with Gasteiger partial charge in [0, 0.05) is 0 Å². The molecule has 0 saturated carbocycles. The fourth-order valence-corrected chi connectivity index (χ4v) is 8.17. The topological polar surface area (TPSA) is 25.8 Å². The second kappa shape index (κ2) is 10.8. The molecule has 0 saturated heterocycles. The first-order valence-corrected chi connectivity index (χ1v) is 11.6. The number of rotatable bonds is 11. The molecule has 0 N–H and O–H groups in total. The predicted octanol–water partition coefficient (Wildman–Crippen LogP) is 5.19. The molecule has 1 heterocycles. The molecule has 21 heavy (non-hydrogen) atoms. The molecule has 2 radical (unpaired) electrons. The Balaban J connectivity index is 2.88. The molecule has 4 heteroatoms. The Morgan fingerprint density at radius 2 is 1.48 bits per heavy atom. The summed E-state index contributed by atoms with van der Waals surface area (Å²) in [7, 11) is 0. The molecule has 2 nitrogen and oxygen atoms in total. The molecule has 0 aliphatic heterocycles. The van der Waals surface area contributed by atoms with Crippen molar-refractivity contribution in [2.75, 3.05) is 0 Å². The minimum atomic E-state index is -0.775. The van der Waals surface area contributed by atoms with Crippen molar-refractivity contribution in [1.82, 2.24) is 9.97 Å². The SMILES string of the molecule is CCCC[C](CCCC)(CCCC)[Sn][c]1cncc(Cl)n1. The van der Waals surface area contributed by atoms with Crippen LogP contribution in [0.4, 0.5) is 0 Å². The molecule has 1 aromatic heterocycles. The zero-order valence-corrected chi connectivity index (χ0v) is 17.4. The van der Waals surface area contributed by atoms with Crippen molar-refractivity contribution in [1.29, 1.82) is 0 Å². The number of hydrogen-bond donors (Lipinski definition) is 0. The molecule has 1 rings (SSSR count). The third-order valence-corrected chi connectivity index (χ3v) is 9.28. The van der Waals surface area contributed by atoms with E-state index in [4.69, 9.17) is 11.6 Å². The van der Waals surface area contributed by atoms with E-state index in [1.165, 1.54) is 61.5 Å². The molecule has 118 valence electrons. The number of aromatic nitrogens is 2.